The minimum atomic E-state index is -0.158. The third-order valence-corrected chi connectivity index (χ3v) is 3.80. The molecule has 0 spiro atoms. The molecular formula is C16H24N6O. The number of likely N-dealkylation sites (N-methyl/N-ethyl adjacent to an activating group) is 1. The number of amides is 2. The summed E-state index contributed by atoms with van der Waals surface area (Å²) in [6.45, 7) is 3.79. The Labute approximate surface area is 136 Å². The lowest BCUT2D eigenvalue weighted by Crippen LogP contribution is -2.42. The molecule has 0 aliphatic heterocycles. The van der Waals surface area contributed by atoms with Gasteiger partial charge in [-0.05, 0) is 32.1 Å². The van der Waals surface area contributed by atoms with Crippen LogP contribution in [0.25, 0.3) is 0 Å². The molecule has 2 rings (SSSR count). The van der Waals surface area contributed by atoms with Crippen molar-refractivity contribution >= 4 is 6.03 Å². The van der Waals surface area contributed by atoms with Gasteiger partial charge in [0.1, 0.15) is 12.7 Å². The maximum atomic E-state index is 11.9. The summed E-state index contributed by atoms with van der Waals surface area (Å²) < 4.78 is 1.76. The minimum absolute atomic E-state index is 0.158. The van der Waals surface area contributed by atoms with Crippen LogP contribution < -0.4 is 10.6 Å². The Morgan fingerprint density at radius 2 is 2.00 bits per heavy atom. The van der Waals surface area contributed by atoms with Crippen molar-refractivity contribution in [1.82, 2.24) is 30.3 Å². The Bertz CT molecular complexity index is 611. The molecule has 0 fully saturated rings. The first-order chi connectivity index (χ1) is 11.1. The molecule has 7 heteroatoms. The summed E-state index contributed by atoms with van der Waals surface area (Å²) in [4.78, 5) is 17.9. The largest absolute Gasteiger partial charge is 0.337 e. The lowest BCUT2D eigenvalue weighted by atomic mass is 10.1. The fraction of sp³-hybridized carbons (Fsp3) is 0.438. The van der Waals surface area contributed by atoms with Crippen molar-refractivity contribution in [2.24, 2.45) is 0 Å². The molecule has 0 radical (unpaired) electrons. The number of carbonyl (C=O) groups excluding carboxylic acids is 1. The van der Waals surface area contributed by atoms with Gasteiger partial charge in [0.25, 0.3) is 0 Å². The molecule has 1 heterocycles. The number of aromatic nitrogens is 3. The second kappa shape index (κ2) is 8.28. The molecule has 2 aromatic rings. The smallest absolute Gasteiger partial charge is 0.315 e. The molecule has 7 nitrogen and oxygen atoms in total. The Balaban J connectivity index is 1.87. The quantitative estimate of drug-likeness (QED) is 0.801. The van der Waals surface area contributed by atoms with Gasteiger partial charge in [-0.25, -0.2) is 14.5 Å². The highest BCUT2D eigenvalue weighted by molar-refractivity contribution is 5.73. The summed E-state index contributed by atoms with van der Waals surface area (Å²) in [5.74, 6) is 0. The SMILES string of the molecule is C[C@H](CNC(=O)NCc1ccccc1Cn1cncn1)N(C)C. The zero-order chi connectivity index (χ0) is 16.7. The molecule has 0 aliphatic carbocycles. The van der Waals surface area contributed by atoms with Crippen molar-refractivity contribution in [3.63, 3.8) is 0 Å². The van der Waals surface area contributed by atoms with E-state index in [1.54, 1.807) is 11.0 Å². The van der Waals surface area contributed by atoms with E-state index in [0.29, 0.717) is 25.7 Å². The fourth-order valence-corrected chi connectivity index (χ4v) is 2.03. The highest BCUT2D eigenvalue weighted by Gasteiger charge is 2.08. The number of urea groups is 1. The number of nitrogens with one attached hydrogen (secondary N) is 2. The second-order valence-corrected chi connectivity index (χ2v) is 5.74. The van der Waals surface area contributed by atoms with Crippen molar-refractivity contribution in [2.75, 3.05) is 20.6 Å². The van der Waals surface area contributed by atoms with Crippen LogP contribution in [0.4, 0.5) is 4.79 Å². The second-order valence-electron chi connectivity index (χ2n) is 5.74. The first-order valence-electron chi connectivity index (χ1n) is 7.63. The van der Waals surface area contributed by atoms with E-state index in [4.69, 9.17) is 0 Å². The predicted molar refractivity (Wildman–Crippen MR) is 89.0 cm³/mol. The maximum absolute atomic E-state index is 11.9. The molecule has 124 valence electrons. The summed E-state index contributed by atoms with van der Waals surface area (Å²) in [7, 11) is 3.98. The molecular weight excluding hydrogens is 292 g/mol. The first kappa shape index (κ1) is 17.0. The third-order valence-electron chi connectivity index (χ3n) is 3.80. The lowest BCUT2D eigenvalue weighted by molar-refractivity contribution is 0.234. The van der Waals surface area contributed by atoms with Gasteiger partial charge in [-0.2, -0.15) is 5.10 Å². The van der Waals surface area contributed by atoms with Crippen LogP contribution in [0, 0.1) is 0 Å². The van der Waals surface area contributed by atoms with Crippen molar-refractivity contribution in [3.8, 4) is 0 Å². The number of nitrogens with zero attached hydrogens (tertiary/aromatic N) is 4. The maximum Gasteiger partial charge on any atom is 0.315 e. The summed E-state index contributed by atoms with van der Waals surface area (Å²) in [6, 6.07) is 8.12. The topological polar surface area (TPSA) is 75.1 Å². The van der Waals surface area contributed by atoms with E-state index in [2.05, 4.69) is 32.5 Å². The van der Waals surface area contributed by atoms with E-state index in [0.717, 1.165) is 11.1 Å². The van der Waals surface area contributed by atoms with Gasteiger partial charge in [-0.3, -0.25) is 0 Å². The molecule has 0 bridgehead atoms. The minimum Gasteiger partial charge on any atom is -0.337 e. The Morgan fingerprint density at radius 3 is 2.65 bits per heavy atom. The zero-order valence-corrected chi connectivity index (χ0v) is 13.9. The highest BCUT2D eigenvalue weighted by Crippen LogP contribution is 2.09. The molecule has 0 saturated carbocycles. The van der Waals surface area contributed by atoms with Crippen LogP contribution >= 0.6 is 0 Å². The number of carbonyl (C=O) groups is 1. The fourth-order valence-electron chi connectivity index (χ4n) is 2.03. The van der Waals surface area contributed by atoms with Crippen LogP contribution in [0.3, 0.4) is 0 Å². The van der Waals surface area contributed by atoms with Gasteiger partial charge in [0.15, 0.2) is 0 Å². The van der Waals surface area contributed by atoms with Gasteiger partial charge in [-0.1, -0.05) is 24.3 Å². The lowest BCUT2D eigenvalue weighted by Gasteiger charge is -2.20. The van der Waals surface area contributed by atoms with Crippen LogP contribution in [-0.2, 0) is 13.1 Å². The van der Waals surface area contributed by atoms with E-state index in [1.807, 2.05) is 38.4 Å². The molecule has 2 N–H and O–H groups in total. The van der Waals surface area contributed by atoms with E-state index in [9.17, 15) is 4.79 Å². The van der Waals surface area contributed by atoms with E-state index in [1.165, 1.54) is 6.33 Å². The van der Waals surface area contributed by atoms with Crippen LogP contribution in [0.2, 0.25) is 0 Å². The van der Waals surface area contributed by atoms with Crippen molar-refractivity contribution in [2.45, 2.75) is 26.1 Å². The van der Waals surface area contributed by atoms with Gasteiger partial charge >= 0.3 is 6.03 Å². The standard InChI is InChI=1S/C16H24N6O/c1-13(21(2)3)8-18-16(23)19-9-14-6-4-5-7-15(14)10-22-12-17-11-20-22/h4-7,11-13H,8-10H2,1-3H3,(H2,18,19,23)/t13-/m1/s1. The average molecular weight is 316 g/mol. The molecule has 0 saturated heterocycles. The van der Waals surface area contributed by atoms with Crippen LogP contribution in [-0.4, -0.2) is 52.4 Å². The van der Waals surface area contributed by atoms with E-state index >= 15 is 0 Å². The van der Waals surface area contributed by atoms with Crippen LogP contribution in [0.1, 0.15) is 18.1 Å². The molecule has 1 atom stereocenters. The molecule has 2 amide bonds. The number of hydrogen-bond donors (Lipinski definition) is 2. The van der Waals surface area contributed by atoms with Crippen molar-refractivity contribution < 1.29 is 4.79 Å². The molecule has 1 aromatic carbocycles. The highest BCUT2D eigenvalue weighted by atomic mass is 16.2. The van der Waals surface area contributed by atoms with Gasteiger partial charge in [0.2, 0.25) is 0 Å². The van der Waals surface area contributed by atoms with Gasteiger partial charge in [0, 0.05) is 19.1 Å². The summed E-state index contributed by atoms with van der Waals surface area (Å²) in [5.41, 5.74) is 2.18. The first-order valence-corrected chi connectivity index (χ1v) is 7.63. The molecule has 23 heavy (non-hydrogen) atoms. The van der Waals surface area contributed by atoms with Gasteiger partial charge < -0.3 is 15.5 Å². The van der Waals surface area contributed by atoms with Crippen molar-refractivity contribution in [1.29, 1.82) is 0 Å². The van der Waals surface area contributed by atoms with Crippen LogP contribution in [0.5, 0.6) is 0 Å². The Kier molecular flexibility index (Phi) is 6.10. The number of rotatable bonds is 7. The van der Waals surface area contributed by atoms with E-state index in [-0.39, 0.29) is 6.03 Å². The molecule has 0 aliphatic rings. The summed E-state index contributed by atoms with van der Waals surface area (Å²) in [6.07, 6.45) is 3.19. The Hall–Kier alpha value is -2.41. The summed E-state index contributed by atoms with van der Waals surface area (Å²) >= 11 is 0. The predicted octanol–water partition coefficient (Wildman–Crippen LogP) is 1.08. The van der Waals surface area contributed by atoms with Gasteiger partial charge in [-0.15, -0.1) is 0 Å². The number of benzene rings is 1. The normalized spacial score (nSPS) is 12.2. The summed E-state index contributed by atoms with van der Waals surface area (Å²) in [5, 5.41) is 9.89. The number of hydrogen-bond acceptors (Lipinski definition) is 4. The third kappa shape index (κ3) is 5.37. The Morgan fingerprint density at radius 1 is 1.26 bits per heavy atom. The monoisotopic (exact) mass is 316 g/mol. The van der Waals surface area contributed by atoms with Gasteiger partial charge in [0.05, 0.1) is 6.54 Å². The average Bonchev–Trinajstić information content (AvgIpc) is 3.04. The van der Waals surface area contributed by atoms with Crippen LogP contribution in [0.15, 0.2) is 36.9 Å². The molecule has 1 aromatic heterocycles. The zero-order valence-electron chi connectivity index (χ0n) is 13.9. The van der Waals surface area contributed by atoms with E-state index < -0.39 is 0 Å². The van der Waals surface area contributed by atoms with Crippen molar-refractivity contribution in [3.05, 3.63) is 48.0 Å². The molecule has 0 unspecified atom stereocenters.